The molecule has 0 nitrogen and oxygen atoms in total. The first-order valence-electron chi connectivity index (χ1n) is 15.0. The van der Waals surface area contributed by atoms with E-state index in [0.717, 1.165) is 0 Å². The van der Waals surface area contributed by atoms with E-state index in [2.05, 4.69) is 95.4 Å². The molecule has 2 heteroatoms. The van der Waals surface area contributed by atoms with E-state index in [4.69, 9.17) is 0 Å². The van der Waals surface area contributed by atoms with Crippen molar-refractivity contribution in [3.8, 4) is 0 Å². The topological polar surface area (TPSA) is 0 Å². The van der Waals surface area contributed by atoms with Crippen LogP contribution in [0.4, 0.5) is 0 Å². The predicted molar refractivity (Wildman–Crippen MR) is 180 cm³/mol. The molecule has 0 saturated carbocycles. The van der Waals surface area contributed by atoms with Crippen LogP contribution in [-0.4, -0.2) is 0 Å². The molecule has 0 saturated heterocycles. The Morgan fingerprint density at radius 2 is 0.694 bits per heavy atom. The highest BCUT2D eigenvalue weighted by atomic mass is 127. The first kappa shape index (κ1) is 30.2. The van der Waals surface area contributed by atoms with E-state index in [-0.39, 0.29) is 0 Å². The third-order valence-electron chi connectivity index (χ3n) is 7.75. The van der Waals surface area contributed by atoms with Gasteiger partial charge in [0.1, 0.15) is 0 Å². The van der Waals surface area contributed by atoms with Gasteiger partial charge in [-0.2, -0.15) is 0 Å². The maximum Gasteiger partial charge on any atom is 0.0270 e. The van der Waals surface area contributed by atoms with E-state index in [1.807, 2.05) is 0 Å². The summed E-state index contributed by atoms with van der Waals surface area (Å²) in [4.78, 5) is 0. The first-order chi connectivity index (χ1) is 17.6. The number of unbranched alkanes of at least 4 members (excludes halogenated alkanes) is 14. The molecule has 0 radical (unpaired) electrons. The largest absolute Gasteiger partial charge is 0.0654 e. The van der Waals surface area contributed by atoms with Crippen LogP contribution in [0.1, 0.15) is 128 Å². The maximum atomic E-state index is 2.54. The molecule has 0 heterocycles. The van der Waals surface area contributed by atoms with Gasteiger partial charge in [0.05, 0.1) is 0 Å². The number of halogens is 2. The summed E-state index contributed by atoms with van der Waals surface area (Å²) in [6, 6.07) is 14.6. The predicted octanol–water partition coefficient (Wildman–Crippen LogP) is 12.6. The Hall–Kier alpha value is -0.360. The summed E-state index contributed by atoms with van der Waals surface area (Å²) in [5.41, 5.74) is 3.24. The average Bonchev–Trinajstić information content (AvgIpc) is 2.87. The number of hydrogen-bond acceptors (Lipinski definition) is 0. The van der Waals surface area contributed by atoms with Gasteiger partial charge in [0, 0.05) is 7.14 Å². The Labute approximate surface area is 249 Å². The van der Waals surface area contributed by atoms with E-state index in [1.54, 1.807) is 11.1 Å². The fourth-order valence-corrected chi connectivity index (χ4v) is 6.49. The van der Waals surface area contributed by atoms with E-state index in [1.165, 1.54) is 144 Å². The van der Waals surface area contributed by atoms with Crippen molar-refractivity contribution in [2.75, 3.05) is 0 Å². The molecule has 0 unspecified atom stereocenters. The molecule has 0 aliphatic heterocycles. The zero-order valence-corrected chi connectivity index (χ0v) is 27.3. The van der Waals surface area contributed by atoms with Gasteiger partial charge in [0.2, 0.25) is 0 Å². The van der Waals surface area contributed by atoms with Crippen LogP contribution >= 0.6 is 45.2 Å². The zero-order valence-electron chi connectivity index (χ0n) is 22.9. The smallest absolute Gasteiger partial charge is 0.0270 e. The highest BCUT2D eigenvalue weighted by Gasteiger charge is 2.09. The van der Waals surface area contributed by atoms with Crippen molar-refractivity contribution in [3.63, 3.8) is 0 Å². The van der Waals surface area contributed by atoms with Crippen LogP contribution in [0.5, 0.6) is 0 Å². The molecule has 0 bridgehead atoms. The van der Waals surface area contributed by atoms with Gasteiger partial charge < -0.3 is 0 Å². The van der Waals surface area contributed by atoms with Crippen LogP contribution in [0.15, 0.2) is 36.4 Å². The van der Waals surface area contributed by atoms with Gasteiger partial charge >= 0.3 is 0 Å². The highest BCUT2D eigenvalue weighted by Crippen LogP contribution is 2.30. The third kappa shape index (κ3) is 10.1. The second-order valence-corrected chi connectivity index (χ2v) is 13.2. The molecular weight excluding hydrogens is 662 g/mol. The molecular formula is C34H48I2. The molecule has 0 spiro atoms. The monoisotopic (exact) mass is 710 g/mol. The summed E-state index contributed by atoms with van der Waals surface area (Å²) >= 11 is 4.94. The molecule has 3 aromatic carbocycles. The molecule has 0 aromatic heterocycles. The number of aryl methyl sites for hydroxylation is 2. The molecule has 198 valence electrons. The Bertz CT molecular complexity index is 968. The fraction of sp³-hybridized carbons (Fsp3) is 0.588. The van der Waals surface area contributed by atoms with Crippen molar-refractivity contribution in [2.24, 2.45) is 0 Å². The third-order valence-corrected chi connectivity index (χ3v) is 10.6. The first-order valence-corrected chi connectivity index (χ1v) is 17.1. The van der Waals surface area contributed by atoms with Crippen LogP contribution in [-0.2, 0) is 12.8 Å². The summed E-state index contributed by atoms with van der Waals surface area (Å²) in [6.45, 7) is 4.61. The van der Waals surface area contributed by atoms with Crippen LogP contribution in [0.25, 0.3) is 21.5 Å². The molecule has 0 atom stereocenters. The van der Waals surface area contributed by atoms with Gasteiger partial charge in [0.25, 0.3) is 0 Å². The molecule has 0 aliphatic rings. The zero-order chi connectivity index (χ0) is 25.6. The van der Waals surface area contributed by atoms with Crippen molar-refractivity contribution in [3.05, 3.63) is 54.7 Å². The Morgan fingerprint density at radius 3 is 1.06 bits per heavy atom. The van der Waals surface area contributed by atoms with Crippen molar-refractivity contribution < 1.29 is 0 Å². The molecule has 0 N–H and O–H groups in total. The van der Waals surface area contributed by atoms with Crippen molar-refractivity contribution in [2.45, 2.75) is 129 Å². The van der Waals surface area contributed by atoms with Gasteiger partial charge in [-0.15, -0.1) is 0 Å². The van der Waals surface area contributed by atoms with Gasteiger partial charge in [-0.05, 0) is 128 Å². The maximum absolute atomic E-state index is 2.54. The summed E-state index contributed by atoms with van der Waals surface area (Å²) in [7, 11) is 0. The van der Waals surface area contributed by atoms with Crippen LogP contribution in [0.2, 0.25) is 0 Å². The Kier molecular flexibility index (Phi) is 14.5. The van der Waals surface area contributed by atoms with E-state index >= 15 is 0 Å². The van der Waals surface area contributed by atoms with Crippen molar-refractivity contribution >= 4 is 66.7 Å². The van der Waals surface area contributed by atoms with E-state index in [0.29, 0.717) is 0 Å². The second-order valence-electron chi connectivity index (χ2n) is 10.9. The van der Waals surface area contributed by atoms with Gasteiger partial charge in [-0.25, -0.2) is 0 Å². The lowest BCUT2D eigenvalue weighted by molar-refractivity contribution is 0.571. The van der Waals surface area contributed by atoms with Crippen molar-refractivity contribution in [1.29, 1.82) is 0 Å². The number of benzene rings is 3. The quantitative estimate of drug-likeness (QED) is 0.0700. The molecule has 3 aromatic rings. The average molecular weight is 711 g/mol. The van der Waals surface area contributed by atoms with Crippen LogP contribution in [0.3, 0.4) is 0 Å². The molecule has 3 rings (SSSR count). The lowest BCUT2D eigenvalue weighted by Gasteiger charge is -2.14. The molecule has 36 heavy (non-hydrogen) atoms. The number of rotatable bonds is 18. The van der Waals surface area contributed by atoms with Crippen LogP contribution < -0.4 is 0 Å². The minimum absolute atomic E-state index is 1.25. The minimum atomic E-state index is 1.25. The summed E-state index contributed by atoms with van der Waals surface area (Å²) in [5, 5.41) is 5.60. The highest BCUT2D eigenvalue weighted by molar-refractivity contribution is 14.1. The normalized spacial score (nSPS) is 11.7. The molecule has 0 aliphatic carbocycles. The minimum Gasteiger partial charge on any atom is -0.0654 e. The summed E-state index contributed by atoms with van der Waals surface area (Å²) < 4.78 is 2.70. The molecule has 0 fully saturated rings. The van der Waals surface area contributed by atoms with Gasteiger partial charge in [-0.1, -0.05) is 116 Å². The van der Waals surface area contributed by atoms with Crippen LogP contribution in [0, 0.1) is 7.14 Å². The molecule has 0 amide bonds. The van der Waals surface area contributed by atoms with E-state index < -0.39 is 0 Å². The number of fused-ring (bicyclic) bond motifs is 2. The number of hydrogen-bond donors (Lipinski definition) is 0. The summed E-state index contributed by atoms with van der Waals surface area (Å²) in [5.74, 6) is 0. The van der Waals surface area contributed by atoms with Crippen molar-refractivity contribution in [1.82, 2.24) is 0 Å². The summed E-state index contributed by atoms with van der Waals surface area (Å²) in [6.07, 6.45) is 24.8. The second kappa shape index (κ2) is 17.3. The lowest BCUT2D eigenvalue weighted by Crippen LogP contribution is -1.97. The SMILES string of the molecule is CCCCCCCCCCc1cc2cc3cc(I)c(I)cc3cc2cc1CCCCCCCCCC. The van der Waals surface area contributed by atoms with Gasteiger partial charge in [0.15, 0.2) is 0 Å². The fourth-order valence-electron chi connectivity index (χ4n) is 5.50. The Morgan fingerprint density at radius 1 is 0.389 bits per heavy atom. The lowest BCUT2D eigenvalue weighted by atomic mass is 9.92. The van der Waals surface area contributed by atoms with Gasteiger partial charge in [-0.3, -0.25) is 0 Å². The van der Waals surface area contributed by atoms with E-state index in [9.17, 15) is 0 Å². The standard InChI is InChI=1S/C34H48I2/c1-3-5-7-9-11-13-15-17-19-27-21-29-23-31-25-33(35)34(36)26-32(31)24-30(29)22-28(27)20-18-16-14-12-10-8-6-4-2/h21-26H,3-20H2,1-2H3. The Balaban J connectivity index is 1.65.